The van der Waals surface area contributed by atoms with Gasteiger partial charge in [0.15, 0.2) is 5.78 Å². The number of aromatic hydroxyl groups is 1. The van der Waals surface area contributed by atoms with Gasteiger partial charge in [-0.1, -0.05) is 56.0 Å². The van der Waals surface area contributed by atoms with Crippen LogP contribution in [0.4, 0.5) is 0 Å². The second-order valence-corrected chi connectivity index (χ2v) is 13.7. The van der Waals surface area contributed by atoms with Crippen molar-refractivity contribution < 1.29 is 43.5 Å². The van der Waals surface area contributed by atoms with E-state index in [1.807, 2.05) is 49.4 Å². The fourth-order valence-electron chi connectivity index (χ4n) is 8.74. The summed E-state index contributed by atoms with van der Waals surface area (Å²) in [6.07, 6.45) is 4.06. The van der Waals surface area contributed by atoms with E-state index in [0.717, 1.165) is 11.1 Å². The topological polar surface area (TPSA) is 121 Å². The molecule has 1 saturated carbocycles. The third-order valence-corrected chi connectivity index (χ3v) is 10.7. The molecule has 0 spiro atoms. The van der Waals surface area contributed by atoms with Gasteiger partial charge in [-0.15, -0.1) is 0 Å². The Bertz CT molecular complexity index is 1680. The maximum Gasteiger partial charge on any atom is 0.310 e. The molecule has 2 aliphatic heterocycles. The Kier molecular flexibility index (Phi) is 7.14. The van der Waals surface area contributed by atoms with Crippen LogP contribution < -0.4 is 4.74 Å². The van der Waals surface area contributed by atoms with Gasteiger partial charge in [0, 0.05) is 24.3 Å². The van der Waals surface area contributed by atoms with Gasteiger partial charge in [0.1, 0.15) is 35.4 Å². The van der Waals surface area contributed by atoms with Gasteiger partial charge in [-0.2, -0.15) is 0 Å². The van der Waals surface area contributed by atoms with Crippen molar-refractivity contribution in [2.75, 3.05) is 13.7 Å². The normalized spacial score (nSPS) is 37.1. The van der Waals surface area contributed by atoms with Crippen molar-refractivity contribution >= 4 is 11.8 Å². The van der Waals surface area contributed by atoms with E-state index in [1.54, 1.807) is 13.0 Å². The first-order valence-corrected chi connectivity index (χ1v) is 15.8. The lowest BCUT2D eigenvalue weighted by atomic mass is 9.55. The van der Waals surface area contributed by atoms with Gasteiger partial charge in [-0.25, -0.2) is 0 Å². The minimum atomic E-state index is -1.81. The van der Waals surface area contributed by atoms with E-state index in [-0.39, 0.29) is 36.9 Å². The fourth-order valence-corrected chi connectivity index (χ4v) is 8.74. The Balaban J connectivity index is 1.27. The monoisotopic (exact) mass is 628 g/mol. The molecule has 0 aromatic heterocycles. The van der Waals surface area contributed by atoms with Gasteiger partial charge in [0.2, 0.25) is 0 Å². The number of fused-ring (bicyclic) bond motifs is 2. The predicted octanol–water partition coefficient (Wildman–Crippen LogP) is 4.74. The van der Waals surface area contributed by atoms with Crippen LogP contribution in [-0.4, -0.2) is 64.6 Å². The van der Waals surface area contributed by atoms with E-state index in [0.29, 0.717) is 35.3 Å². The number of hydrogen-bond donors (Lipinski definition) is 2. The number of benzene rings is 2. The van der Waals surface area contributed by atoms with Gasteiger partial charge >= 0.3 is 5.97 Å². The summed E-state index contributed by atoms with van der Waals surface area (Å²) in [5, 5.41) is 22.4. The van der Waals surface area contributed by atoms with Gasteiger partial charge in [0.25, 0.3) is 5.97 Å². The summed E-state index contributed by atoms with van der Waals surface area (Å²) in [5.74, 6) is -3.25. The van der Waals surface area contributed by atoms with Crippen LogP contribution in [0.1, 0.15) is 44.7 Å². The van der Waals surface area contributed by atoms with E-state index in [4.69, 9.17) is 23.7 Å². The molecule has 2 aromatic rings. The van der Waals surface area contributed by atoms with Crippen molar-refractivity contribution in [3.63, 3.8) is 0 Å². The van der Waals surface area contributed by atoms with Gasteiger partial charge < -0.3 is 33.9 Å². The van der Waals surface area contributed by atoms with E-state index in [1.165, 1.54) is 19.2 Å². The minimum absolute atomic E-state index is 0.0226. The first-order valence-electron chi connectivity index (χ1n) is 15.8. The number of Topliss-reactive ketones (excluding diaryl/α,β-unsaturated/α-hetero) is 1. The molecule has 2 aromatic carbocycles. The molecule has 0 radical (unpaired) electrons. The molecule has 0 amide bonds. The largest absolute Gasteiger partial charge is 0.508 e. The molecule has 1 unspecified atom stereocenters. The van der Waals surface area contributed by atoms with Crippen LogP contribution in [0, 0.1) is 17.8 Å². The third-order valence-electron chi connectivity index (χ3n) is 10.7. The van der Waals surface area contributed by atoms with Crippen LogP contribution >= 0.6 is 0 Å². The summed E-state index contributed by atoms with van der Waals surface area (Å²) < 4.78 is 31.8. The molecule has 2 N–H and O–H groups in total. The van der Waals surface area contributed by atoms with Crippen LogP contribution in [0.15, 0.2) is 84.0 Å². The van der Waals surface area contributed by atoms with Crippen molar-refractivity contribution in [3.05, 3.63) is 95.1 Å². The molecule has 9 heteroatoms. The van der Waals surface area contributed by atoms with Gasteiger partial charge in [0.05, 0.1) is 25.6 Å². The zero-order chi connectivity index (χ0) is 32.6. The summed E-state index contributed by atoms with van der Waals surface area (Å²) >= 11 is 0. The first kappa shape index (κ1) is 30.9. The van der Waals surface area contributed by atoms with Crippen molar-refractivity contribution in [2.45, 2.75) is 75.3 Å². The Labute approximate surface area is 268 Å². The Morgan fingerprint density at radius 2 is 1.87 bits per heavy atom. The number of aliphatic hydroxyl groups is 1. The summed E-state index contributed by atoms with van der Waals surface area (Å²) in [7, 11) is 1.48. The Morgan fingerprint density at radius 3 is 2.59 bits per heavy atom. The number of ketones is 1. The standard InChI is InChI=1S/C37H40O9/c1-21(2)35-17-23(4)37-29(33(35)44-36(45-35,46-37)19-24-9-7-6-8-10-24)14-26(18-34(41)30(37)11-22(3)32(34)40)20-43-31(39)15-25-12-27(38)16-28(13-25)42-5/h6-14,16,23,29-30,33,38,41H,1,15,17-20H2,2-5H3/t23-,29?,30-,33-,34-,35-,36+,37-/m1/s1. The molecule has 8 atom stereocenters. The molecule has 3 aliphatic carbocycles. The summed E-state index contributed by atoms with van der Waals surface area (Å²) in [4.78, 5) is 26.8. The molecule has 9 nitrogen and oxygen atoms in total. The van der Waals surface area contributed by atoms with Gasteiger partial charge in [-0.05, 0) is 66.2 Å². The van der Waals surface area contributed by atoms with E-state index < -0.39 is 46.7 Å². The van der Waals surface area contributed by atoms with Crippen molar-refractivity contribution in [3.8, 4) is 11.5 Å². The fraction of sp³-hybridized carbons (Fsp3) is 0.459. The number of carbonyl (C=O) groups excluding carboxylic acids is 2. The lowest BCUT2D eigenvalue weighted by Gasteiger charge is -2.59. The predicted molar refractivity (Wildman–Crippen MR) is 167 cm³/mol. The lowest BCUT2D eigenvalue weighted by Crippen LogP contribution is -2.70. The third kappa shape index (κ3) is 4.51. The zero-order valence-electron chi connectivity index (χ0n) is 26.6. The summed E-state index contributed by atoms with van der Waals surface area (Å²) in [6.45, 7) is 9.96. The Morgan fingerprint density at radius 1 is 1.11 bits per heavy atom. The van der Waals surface area contributed by atoms with Crippen LogP contribution in [0.5, 0.6) is 11.5 Å². The number of phenolic OH excluding ortho intramolecular Hbond substituents is 1. The van der Waals surface area contributed by atoms with Crippen molar-refractivity contribution in [1.82, 2.24) is 0 Å². The number of methoxy groups -OCH3 is 1. The number of hydrogen-bond acceptors (Lipinski definition) is 9. The van der Waals surface area contributed by atoms with Crippen molar-refractivity contribution in [1.29, 1.82) is 0 Å². The van der Waals surface area contributed by atoms with Crippen LogP contribution in [0.2, 0.25) is 0 Å². The smallest absolute Gasteiger partial charge is 0.310 e. The second kappa shape index (κ2) is 10.6. The number of ether oxygens (including phenoxy) is 5. The highest BCUT2D eigenvalue weighted by Crippen LogP contribution is 2.68. The van der Waals surface area contributed by atoms with Crippen LogP contribution in [0.25, 0.3) is 0 Å². The first-order chi connectivity index (χ1) is 21.8. The van der Waals surface area contributed by atoms with Gasteiger partial charge in [-0.3, -0.25) is 9.59 Å². The number of esters is 1. The van der Waals surface area contributed by atoms with Crippen LogP contribution in [-0.2, 0) is 41.4 Å². The average Bonchev–Trinajstić information content (AvgIpc) is 3.31. The summed E-state index contributed by atoms with van der Waals surface area (Å²) in [6, 6.07) is 14.4. The van der Waals surface area contributed by atoms with E-state index in [2.05, 4.69) is 13.5 Å². The van der Waals surface area contributed by atoms with E-state index >= 15 is 0 Å². The molecule has 46 heavy (non-hydrogen) atoms. The average molecular weight is 629 g/mol. The molecule has 3 bridgehead atoms. The number of carbonyl (C=O) groups is 2. The zero-order valence-corrected chi connectivity index (χ0v) is 26.6. The molecule has 2 saturated heterocycles. The quantitative estimate of drug-likeness (QED) is 0.315. The maximum atomic E-state index is 13.8. The molecule has 7 rings (SSSR count). The SMILES string of the molecule is C=C(C)[C@]12C[C@@H](C)[C@@]34O[C@@](Cc5ccccc5)(O[C@@H]1C3C=C(COC(=O)Cc1cc(O)cc(OC)c1)C[C@]1(O)C(=O)C(C)=C[C@@H]41)O2. The molecule has 242 valence electrons. The lowest BCUT2D eigenvalue weighted by molar-refractivity contribution is -0.421. The van der Waals surface area contributed by atoms with Crippen molar-refractivity contribution in [2.24, 2.45) is 17.8 Å². The highest BCUT2D eigenvalue weighted by atomic mass is 16.9. The minimum Gasteiger partial charge on any atom is -0.508 e. The molecule has 2 heterocycles. The highest BCUT2D eigenvalue weighted by molar-refractivity contribution is 6.04. The number of rotatable bonds is 8. The number of phenols is 1. The Hall–Kier alpha value is -3.76. The highest BCUT2D eigenvalue weighted by Gasteiger charge is 2.79. The molecular formula is C37H40O9. The maximum absolute atomic E-state index is 13.8. The molecular weight excluding hydrogens is 588 g/mol. The van der Waals surface area contributed by atoms with Crippen LogP contribution in [0.3, 0.4) is 0 Å². The van der Waals surface area contributed by atoms with E-state index in [9.17, 15) is 19.8 Å². The molecule has 5 aliphatic rings. The second-order valence-electron chi connectivity index (χ2n) is 13.7. The summed E-state index contributed by atoms with van der Waals surface area (Å²) in [5.41, 5.74) is -0.353. The molecule has 3 fully saturated rings.